The summed E-state index contributed by atoms with van der Waals surface area (Å²) in [4.78, 5) is 0. The van der Waals surface area contributed by atoms with Gasteiger partial charge in [0, 0.05) is 12.7 Å². The molecule has 0 aromatic rings. The third kappa shape index (κ3) is 1.58. The fourth-order valence-electron chi connectivity index (χ4n) is 0.670. The van der Waals surface area contributed by atoms with E-state index in [9.17, 15) is 0 Å². The molecule has 4 N–H and O–H groups in total. The number of nitrogens with one attached hydrogen (secondary N) is 2. The fraction of sp³-hybridized carbons (Fsp3) is 0.600. The molecule has 0 fully saturated rings. The molecule has 9 heavy (non-hydrogen) atoms. The zero-order valence-electron chi connectivity index (χ0n) is 5.35. The molecule has 0 saturated heterocycles. The second kappa shape index (κ2) is 2.70. The van der Waals surface area contributed by atoms with Crippen molar-refractivity contribution in [2.45, 2.75) is 13.2 Å². The van der Waals surface area contributed by atoms with Crippen LogP contribution in [0.1, 0.15) is 6.92 Å². The highest BCUT2D eigenvalue weighted by molar-refractivity contribution is 5.02. The van der Waals surface area contributed by atoms with E-state index in [0.29, 0.717) is 12.4 Å². The lowest BCUT2D eigenvalue weighted by atomic mass is 10.5. The van der Waals surface area contributed by atoms with Gasteiger partial charge < -0.3 is 15.9 Å². The first-order valence-electron chi connectivity index (χ1n) is 2.93. The van der Waals surface area contributed by atoms with Crippen LogP contribution in [0.3, 0.4) is 0 Å². The Morgan fingerprint density at radius 1 is 1.89 bits per heavy atom. The van der Waals surface area contributed by atoms with Crippen molar-refractivity contribution in [3.63, 3.8) is 0 Å². The molecule has 1 unspecified atom stereocenters. The lowest BCUT2D eigenvalue weighted by molar-refractivity contribution is 0.0733. The van der Waals surface area contributed by atoms with Crippen LogP contribution in [0.4, 0.5) is 0 Å². The molecule has 1 atom stereocenters. The summed E-state index contributed by atoms with van der Waals surface area (Å²) >= 11 is 0. The van der Waals surface area contributed by atoms with E-state index in [1.807, 2.05) is 6.92 Å². The van der Waals surface area contributed by atoms with Crippen LogP contribution in [0.25, 0.3) is 0 Å². The van der Waals surface area contributed by atoms with E-state index in [1.165, 1.54) is 0 Å². The van der Waals surface area contributed by atoms with Crippen LogP contribution in [-0.2, 0) is 4.74 Å². The summed E-state index contributed by atoms with van der Waals surface area (Å²) in [6.45, 7) is 2.62. The molecule has 0 bridgehead atoms. The maximum atomic E-state index is 5.36. The van der Waals surface area contributed by atoms with E-state index in [2.05, 4.69) is 10.9 Å². The lowest BCUT2D eigenvalue weighted by Crippen LogP contribution is -2.34. The Kier molecular flexibility index (Phi) is 1.92. The highest BCUT2D eigenvalue weighted by Gasteiger charge is 2.09. The predicted molar refractivity (Wildman–Crippen MR) is 34.0 cm³/mol. The number of ether oxygens (including phenoxy) is 1. The average Bonchev–Trinajstić information content (AvgIpc) is 2.17. The molecule has 0 aromatic heterocycles. The smallest absolute Gasteiger partial charge is 0.147 e. The molecule has 0 aliphatic carbocycles. The van der Waals surface area contributed by atoms with Gasteiger partial charge in [-0.25, -0.2) is 5.43 Å². The zero-order chi connectivity index (χ0) is 6.69. The van der Waals surface area contributed by atoms with Crippen LogP contribution >= 0.6 is 0 Å². The van der Waals surface area contributed by atoms with E-state index < -0.39 is 0 Å². The molecule has 52 valence electrons. The Balaban J connectivity index is 2.29. The minimum absolute atomic E-state index is 0.0602. The van der Waals surface area contributed by atoms with Crippen LogP contribution in [0, 0.1) is 0 Å². The van der Waals surface area contributed by atoms with Crippen LogP contribution in [-0.4, -0.2) is 12.8 Å². The summed E-state index contributed by atoms with van der Waals surface area (Å²) in [5.41, 5.74) is 10.9. The van der Waals surface area contributed by atoms with Gasteiger partial charge in [-0.3, -0.25) is 0 Å². The van der Waals surface area contributed by atoms with Crippen LogP contribution in [0.15, 0.2) is 11.9 Å². The van der Waals surface area contributed by atoms with Gasteiger partial charge in [-0.2, -0.15) is 0 Å². The molecule has 1 aliphatic heterocycles. The second-order valence-corrected chi connectivity index (χ2v) is 1.77. The van der Waals surface area contributed by atoms with Crippen LogP contribution in [0.2, 0.25) is 0 Å². The van der Waals surface area contributed by atoms with Gasteiger partial charge in [0.25, 0.3) is 0 Å². The van der Waals surface area contributed by atoms with Gasteiger partial charge in [0.1, 0.15) is 12.0 Å². The summed E-state index contributed by atoms with van der Waals surface area (Å²) < 4.78 is 5.14. The van der Waals surface area contributed by atoms with Crippen LogP contribution in [0.5, 0.6) is 0 Å². The molecule has 4 nitrogen and oxygen atoms in total. The Morgan fingerprint density at radius 2 is 2.67 bits per heavy atom. The number of hydrogen-bond acceptors (Lipinski definition) is 4. The van der Waals surface area contributed by atoms with Gasteiger partial charge in [-0.05, 0) is 6.92 Å². The van der Waals surface area contributed by atoms with Crippen molar-refractivity contribution in [2.75, 3.05) is 6.61 Å². The minimum Gasteiger partial charge on any atom is -0.385 e. The highest BCUT2D eigenvalue weighted by Crippen LogP contribution is 1.95. The first-order chi connectivity index (χ1) is 4.33. The summed E-state index contributed by atoms with van der Waals surface area (Å²) in [7, 11) is 0. The van der Waals surface area contributed by atoms with Crippen molar-refractivity contribution in [3.8, 4) is 0 Å². The Labute approximate surface area is 54.0 Å². The third-order valence-electron chi connectivity index (χ3n) is 1.04. The van der Waals surface area contributed by atoms with Gasteiger partial charge in [0.05, 0.1) is 0 Å². The Morgan fingerprint density at radius 3 is 3.11 bits per heavy atom. The first-order valence-corrected chi connectivity index (χ1v) is 2.93. The maximum Gasteiger partial charge on any atom is 0.147 e. The van der Waals surface area contributed by atoms with Gasteiger partial charge >= 0.3 is 0 Å². The fourth-order valence-corrected chi connectivity index (χ4v) is 0.670. The highest BCUT2D eigenvalue weighted by atomic mass is 16.5. The van der Waals surface area contributed by atoms with Crippen molar-refractivity contribution in [3.05, 3.63) is 11.9 Å². The molecular weight excluding hydrogens is 118 g/mol. The van der Waals surface area contributed by atoms with Crippen molar-refractivity contribution < 1.29 is 4.74 Å². The molecule has 4 heteroatoms. The van der Waals surface area contributed by atoms with E-state index in [-0.39, 0.29) is 6.23 Å². The maximum absolute atomic E-state index is 5.36. The van der Waals surface area contributed by atoms with Crippen molar-refractivity contribution >= 4 is 0 Å². The summed E-state index contributed by atoms with van der Waals surface area (Å²) in [5.74, 6) is 0.619. The number of rotatable bonds is 2. The van der Waals surface area contributed by atoms with Gasteiger partial charge in [0.15, 0.2) is 0 Å². The van der Waals surface area contributed by atoms with Gasteiger partial charge in [-0.1, -0.05) is 0 Å². The van der Waals surface area contributed by atoms with Crippen molar-refractivity contribution in [2.24, 2.45) is 5.73 Å². The number of hydrogen-bond donors (Lipinski definition) is 3. The number of nitrogens with two attached hydrogens (primary N) is 1. The summed E-state index contributed by atoms with van der Waals surface area (Å²) in [5, 5.41) is 0. The van der Waals surface area contributed by atoms with E-state index in [4.69, 9.17) is 10.5 Å². The minimum atomic E-state index is -0.0602. The summed E-state index contributed by atoms with van der Waals surface area (Å²) in [6.07, 6.45) is 1.72. The topological polar surface area (TPSA) is 59.3 Å². The third-order valence-corrected chi connectivity index (χ3v) is 1.04. The van der Waals surface area contributed by atoms with E-state index in [0.717, 1.165) is 0 Å². The predicted octanol–water partition coefficient (Wildman–Crippen LogP) is -0.743. The molecule has 0 saturated carbocycles. The molecule has 0 amide bonds. The van der Waals surface area contributed by atoms with Crippen LogP contribution < -0.4 is 16.6 Å². The van der Waals surface area contributed by atoms with Crippen molar-refractivity contribution in [1.29, 1.82) is 0 Å². The molecular formula is C5H11N3O. The average molecular weight is 129 g/mol. The normalized spacial score (nSPS) is 25.4. The van der Waals surface area contributed by atoms with Gasteiger partial charge in [0.2, 0.25) is 0 Å². The largest absolute Gasteiger partial charge is 0.385 e. The lowest BCUT2D eigenvalue weighted by Gasteiger charge is -2.06. The molecule has 0 aromatic carbocycles. The molecule has 1 aliphatic rings. The van der Waals surface area contributed by atoms with Crippen molar-refractivity contribution in [1.82, 2.24) is 10.9 Å². The van der Waals surface area contributed by atoms with Gasteiger partial charge in [-0.15, -0.1) is 0 Å². The second-order valence-electron chi connectivity index (χ2n) is 1.77. The molecule has 1 rings (SSSR count). The monoisotopic (exact) mass is 129 g/mol. The Bertz CT molecular complexity index is 123. The molecule has 1 heterocycles. The number of hydrazine groups is 1. The van der Waals surface area contributed by atoms with E-state index >= 15 is 0 Å². The summed E-state index contributed by atoms with van der Waals surface area (Å²) in [6, 6.07) is 0. The Hall–Kier alpha value is -0.740. The standard InChI is InChI=1S/C5H11N3O/c1-2-9-5-3-4(6)7-8-5/h3,5,7-8H,2,6H2,1H3. The zero-order valence-corrected chi connectivity index (χ0v) is 5.35. The first kappa shape index (κ1) is 6.38. The van der Waals surface area contributed by atoms with E-state index in [1.54, 1.807) is 6.08 Å². The molecule has 0 radical (unpaired) electrons. The quantitative estimate of drug-likeness (QED) is 0.459. The molecule has 0 spiro atoms. The SMILES string of the molecule is CCOC1C=C(N)NN1.